The molecule has 1 saturated heterocycles. The molecule has 1 aromatic rings. The quantitative estimate of drug-likeness (QED) is 0.847. The van der Waals surface area contributed by atoms with Crippen LogP contribution in [0.1, 0.15) is 19.3 Å². The third kappa shape index (κ3) is 3.40. The number of amides is 2. The number of carbonyl (C=O) groups excluding carboxylic acids is 2. The summed E-state index contributed by atoms with van der Waals surface area (Å²) < 4.78 is 5.49. The summed E-state index contributed by atoms with van der Waals surface area (Å²) in [5, 5.41) is 0. The molecule has 1 saturated carbocycles. The van der Waals surface area contributed by atoms with E-state index in [1.807, 2.05) is 35.2 Å². The van der Waals surface area contributed by atoms with E-state index in [0.29, 0.717) is 31.9 Å². The van der Waals surface area contributed by atoms with E-state index in [1.165, 1.54) is 6.42 Å². The highest BCUT2D eigenvalue weighted by atomic mass is 16.5. The molecule has 1 aromatic carbocycles. The molecule has 0 spiro atoms. The molecule has 2 fully saturated rings. The molecule has 0 aromatic heterocycles. The average Bonchev–Trinajstić information content (AvgIpc) is 2.52. The minimum Gasteiger partial charge on any atom is -0.484 e. The van der Waals surface area contributed by atoms with E-state index >= 15 is 0 Å². The average molecular weight is 302 g/mol. The Bertz CT molecular complexity index is 520. The predicted molar refractivity (Wildman–Crippen MR) is 82.4 cm³/mol. The Hall–Kier alpha value is -2.04. The lowest BCUT2D eigenvalue weighted by Crippen LogP contribution is -2.53. The molecule has 0 N–H and O–H groups in total. The van der Waals surface area contributed by atoms with Gasteiger partial charge in [0.1, 0.15) is 5.75 Å². The van der Waals surface area contributed by atoms with Crippen LogP contribution in [0.25, 0.3) is 0 Å². The van der Waals surface area contributed by atoms with Crippen molar-refractivity contribution in [2.75, 3.05) is 32.8 Å². The standard InChI is InChI=1S/C17H22N2O3/c20-16(13-22-15-7-2-1-3-8-15)18-9-11-19(12-10-18)17(21)14-5-4-6-14/h1-3,7-8,14H,4-6,9-13H2. The number of carbonyl (C=O) groups is 2. The van der Waals surface area contributed by atoms with E-state index in [2.05, 4.69) is 0 Å². The summed E-state index contributed by atoms with van der Waals surface area (Å²) in [5.41, 5.74) is 0. The van der Waals surface area contributed by atoms with E-state index < -0.39 is 0 Å². The zero-order valence-electron chi connectivity index (χ0n) is 12.7. The molecule has 0 unspecified atom stereocenters. The van der Waals surface area contributed by atoms with Gasteiger partial charge in [-0.2, -0.15) is 0 Å². The number of hydrogen-bond donors (Lipinski definition) is 0. The van der Waals surface area contributed by atoms with Crippen molar-refractivity contribution in [2.24, 2.45) is 5.92 Å². The molecular weight excluding hydrogens is 280 g/mol. The van der Waals surface area contributed by atoms with Gasteiger partial charge in [-0.05, 0) is 25.0 Å². The lowest BCUT2D eigenvalue weighted by Gasteiger charge is -2.38. The molecule has 5 heteroatoms. The van der Waals surface area contributed by atoms with Gasteiger partial charge in [0.2, 0.25) is 5.91 Å². The molecule has 2 amide bonds. The third-order valence-corrected chi connectivity index (χ3v) is 4.50. The molecule has 3 rings (SSSR count). The number of nitrogens with zero attached hydrogens (tertiary/aromatic N) is 2. The normalized spacial score (nSPS) is 18.7. The highest BCUT2D eigenvalue weighted by Crippen LogP contribution is 2.28. The minimum atomic E-state index is -0.0143. The smallest absolute Gasteiger partial charge is 0.260 e. The monoisotopic (exact) mass is 302 g/mol. The summed E-state index contributed by atoms with van der Waals surface area (Å²) in [6.07, 6.45) is 3.23. The second-order valence-corrected chi connectivity index (χ2v) is 5.94. The molecule has 0 atom stereocenters. The van der Waals surface area contributed by atoms with Crippen LogP contribution in [-0.2, 0) is 9.59 Å². The summed E-state index contributed by atoms with van der Waals surface area (Å²) in [6, 6.07) is 9.34. The topological polar surface area (TPSA) is 49.9 Å². The molecule has 2 aliphatic rings. The fourth-order valence-corrected chi connectivity index (χ4v) is 2.84. The van der Waals surface area contributed by atoms with Crippen molar-refractivity contribution in [1.82, 2.24) is 9.80 Å². The molecule has 118 valence electrons. The van der Waals surface area contributed by atoms with Crippen LogP contribution in [0.15, 0.2) is 30.3 Å². The number of hydrogen-bond acceptors (Lipinski definition) is 3. The first-order valence-electron chi connectivity index (χ1n) is 7.98. The van der Waals surface area contributed by atoms with Crippen molar-refractivity contribution < 1.29 is 14.3 Å². The number of rotatable bonds is 4. The number of benzene rings is 1. The van der Waals surface area contributed by atoms with E-state index in [9.17, 15) is 9.59 Å². The zero-order chi connectivity index (χ0) is 15.4. The van der Waals surface area contributed by atoms with Gasteiger partial charge in [0.25, 0.3) is 5.91 Å². The van der Waals surface area contributed by atoms with Crippen molar-refractivity contribution in [2.45, 2.75) is 19.3 Å². The summed E-state index contributed by atoms with van der Waals surface area (Å²) in [5.74, 6) is 1.21. The number of ether oxygens (including phenoxy) is 1. The second kappa shape index (κ2) is 6.81. The zero-order valence-corrected chi connectivity index (χ0v) is 12.7. The van der Waals surface area contributed by atoms with Crippen molar-refractivity contribution in [3.8, 4) is 5.75 Å². The van der Waals surface area contributed by atoms with E-state index in [4.69, 9.17) is 4.74 Å². The molecular formula is C17H22N2O3. The van der Waals surface area contributed by atoms with Crippen LogP contribution in [0.3, 0.4) is 0 Å². The summed E-state index contributed by atoms with van der Waals surface area (Å²) in [4.78, 5) is 28.0. The number of piperazine rings is 1. The van der Waals surface area contributed by atoms with Gasteiger partial charge in [0.05, 0.1) is 0 Å². The summed E-state index contributed by atoms with van der Waals surface area (Å²) in [7, 11) is 0. The first-order valence-corrected chi connectivity index (χ1v) is 7.98. The first kappa shape index (κ1) is 14.9. The predicted octanol–water partition coefficient (Wildman–Crippen LogP) is 1.54. The third-order valence-electron chi connectivity index (χ3n) is 4.50. The van der Waals surface area contributed by atoms with Crippen LogP contribution in [0, 0.1) is 5.92 Å². The summed E-state index contributed by atoms with van der Waals surface area (Å²) >= 11 is 0. The van der Waals surface area contributed by atoms with Crippen LogP contribution in [-0.4, -0.2) is 54.4 Å². The van der Waals surface area contributed by atoms with Gasteiger partial charge in [-0.1, -0.05) is 24.6 Å². The fraction of sp³-hybridized carbons (Fsp3) is 0.529. The van der Waals surface area contributed by atoms with Gasteiger partial charge in [-0.15, -0.1) is 0 Å². The van der Waals surface area contributed by atoms with Crippen molar-refractivity contribution in [3.05, 3.63) is 30.3 Å². The van der Waals surface area contributed by atoms with Crippen molar-refractivity contribution in [3.63, 3.8) is 0 Å². The Morgan fingerprint density at radius 3 is 2.23 bits per heavy atom. The van der Waals surface area contributed by atoms with Crippen LogP contribution in [0.4, 0.5) is 0 Å². The first-order chi connectivity index (χ1) is 10.7. The minimum absolute atomic E-state index is 0.0143. The molecule has 0 bridgehead atoms. The van der Waals surface area contributed by atoms with Crippen LogP contribution in [0.5, 0.6) is 5.75 Å². The maximum atomic E-state index is 12.2. The maximum absolute atomic E-state index is 12.2. The molecule has 5 nitrogen and oxygen atoms in total. The van der Waals surface area contributed by atoms with Gasteiger partial charge < -0.3 is 14.5 Å². The van der Waals surface area contributed by atoms with Gasteiger partial charge in [0, 0.05) is 32.1 Å². The molecule has 1 aliphatic carbocycles. The highest BCUT2D eigenvalue weighted by Gasteiger charge is 2.31. The largest absolute Gasteiger partial charge is 0.484 e. The van der Waals surface area contributed by atoms with Gasteiger partial charge in [-0.25, -0.2) is 0 Å². The fourth-order valence-electron chi connectivity index (χ4n) is 2.84. The second-order valence-electron chi connectivity index (χ2n) is 5.94. The Balaban J connectivity index is 1.42. The molecule has 1 aliphatic heterocycles. The highest BCUT2D eigenvalue weighted by molar-refractivity contribution is 5.81. The maximum Gasteiger partial charge on any atom is 0.260 e. The van der Waals surface area contributed by atoms with Gasteiger partial charge >= 0.3 is 0 Å². The molecule has 1 heterocycles. The van der Waals surface area contributed by atoms with Crippen LogP contribution >= 0.6 is 0 Å². The summed E-state index contributed by atoms with van der Waals surface area (Å²) in [6.45, 7) is 2.56. The van der Waals surface area contributed by atoms with E-state index in [1.54, 1.807) is 4.90 Å². The Kier molecular flexibility index (Phi) is 4.61. The molecule has 0 radical (unpaired) electrons. The lowest BCUT2D eigenvalue weighted by molar-refractivity contribution is -0.144. The Labute approximate surface area is 130 Å². The van der Waals surface area contributed by atoms with Crippen LogP contribution < -0.4 is 4.74 Å². The van der Waals surface area contributed by atoms with Gasteiger partial charge in [0.15, 0.2) is 6.61 Å². The Morgan fingerprint density at radius 1 is 1.00 bits per heavy atom. The van der Waals surface area contributed by atoms with Crippen molar-refractivity contribution in [1.29, 1.82) is 0 Å². The number of para-hydroxylation sites is 1. The van der Waals surface area contributed by atoms with E-state index in [-0.39, 0.29) is 24.3 Å². The Morgan fingerprint density at radius 2 is 1.64 bits per heavy atom. The van der Waals surface area contributed by atoms with E-state index in [0.717, 1.165) is 12.8 Å². The lowest BCUT2D eigenvalue weighted by atomic mass is 9.84. The SMILES string of the molecule is O=C(COc1ccccc1)N1CCN(C(=O)C2CCC2)CC1. The van der Waals surface area contributed by atoms with Crippen molar-refractivity contribution >= 4 is 11.8 Å². The molecule has 22 heavy (non-hydrogen) atoms. The van der Waals surface area contributed by atoms with Gasteiger partial charge in [-0.3, -0.25) is 9.59 Å². The van der Waals surface area contributed by atoms with Crippen LogP contribution in [0.2, 0.25) is 0 Å².